The van der Waals surface area contributed by atoms with Gasteiger partial charge in [0.1, 0.15) is 0 Å². The van der Waals surface area contributed by atoms with Crippen LogP contribution in [0.2, 0.25) is 0 Å². The molecule has 0 aromatic carbocycles. The van der Waals surface area contributed by atoms with Crippen LogP contribution < -0.4 is 5.73 Å². The fourth-order valence-corrected chi connectivity index (χ4v) is 4.97. The first-order valence-electron chi connectivity index (χ1n) is 8.06. The topological polar surface area (TPSA) is 38.5 Å². The molecule has 21 heavy (non-hydrogen) atoms. The highest BCUT2D eigenvalue weighted by molar-refractivity contribution is 7.09. The molecule has 3 unspecified atom stereocenters. The van der Waals surface area contributed by atoms with E-state index in [1.807, 2.05) is 11.3 Å². The molecule has 3 nitrogen and oxygen atoms in total. The summed E-state index contributed by atoms with van der Waals surface area (Å²) in [5.41, 5.74) is 6.84. The van der Waals surface area contributed by atoms with Gasteiger partial charge in [-0.3, -0.25) is 0 Å². The summed E-state index contributed by atoms with van der Waals surface area (Å²) < 4.78 is 5.99. The quantitative estimate of drug-likeness (QED) is 0.909. The molecule has 0 radical (unpaired) electrons. The van der Waals surface area contributed by atoms with Gasteiger partial charge in [0.25, 0.3) is 0 Å². The zero-order chi connectivity index (χ0) is 15.1. The van der Waals surface area contributed by atoms with Gasteiger partial charge in [-0.15, -0.1) is 11.3 Å². The van der Waals surface area contributed by atoms with E-state index in [1.54, 1.807) is 0 Å². The SMILES string of the molecule is CN(CCc1cccs1)CC1(N)C2CCCOC2C1(C)C. The summed E-state index contributed by atoms with van der Waals surface area (Å²) in [4.78, 5) is 3.87. The summed E-state index contributed by atoms with van der Waals surface area (Å²) in [5, 5.41) is 2.15. The van der Waals surface area contributed by atoms with Crippen LogP contribution in [0.25, 0.3) is 0 Å². The van der Waals surface area contributed by atoms with Gasteiger partial charge in [-0.2, -0.15) is 0 Å². The average Bonchev–Trinajstić information content (AvgIpc) is 2.98. The zero-order valence-electron chi connectivity index (χ0n) is 13.5. The Balaban J connectivity index is 1.60. The summed E-state index contributed by atoms with van der Waals surface area (Å²) in [6, 6.07) is 4.35. The molecule has 1 aromatic rings. The molecule has 2 fully saturated rings. The molecule has 0 bridgehead atoms. The second-order valence-corrected chi connectivity index (χ2v) is 8.40. The van der Waals surface area contributed by atoms with Crippen LogP contribution in [-0.2, 0) is 11.2 Å². The van der Waals surface area contributed by atoms with Gasteiger partial charge in [0.2, 0.25) is 0 Å². The summed E-state index contributed by atoms with van der Waals surface area (Å²) in [5.74, 6) is 0.533. The first-order chi connectivity index (χ1) is 9.95. The summed E-state index contributed by atoms with van der Waals surface area (Å²) in [6.45, 7) is 7.53. The lowest BCUT2D eigenvalue weighted by Crippen LogP contribution is -2.80. The number of hydrogen-bond donors (Lipinski definition) is 1. The maximum absolute atomic E-state index is 6.87. The third-order valence-corrected chi connectivity index (χ3v) is 6.68. The standard InChI is InChI=1S/C17H28N2OS/c1-16(2)15-14(7-4-10-20-15)17(16,18)12-19(3)9-8-13-6-5-11-21-13/h5-6,11,14-15H,4,7-10,12,18H2,1-3H3. The van der Waals surface area contributed by atoms with E-state index in [2.05, 4.69) is 43.3 Å². The van der Waals surface area contributed by atoms with Gasteiger partial charge in [-0.25, -0.2) is 0 Å². The van der Waals surface area contributed by atoms with Crippen molar-refractivity contribution >= 4 is 11.3 Å². The molecule has 2 heterocycles. The molecule has 1 saturated heterocycles. The van der Waals surface area contributed by atoms with Crippen LogP contribution in [0.3, 0.4) is 0 Å². The van der Waals surface area contributed by atoms with Crippen molar-refractivity contribution < 1.29 is 4.74 Å². The molecule has 1 aromatic heterocycles. The molecule has 1 saturated carbocycles. The maximum atomic E-state index is 6.87. The van der Waals surface area contributed by atoms with Crippen LogP contribution >= 0.6 is 11.3 Å². The van der Waals surface area contributed by atoms with E-state index >= 15 is 0 Å². The average molecular weight is 308 g/mol. The largest absolute Gasteiger partial charge is 0.377 e. The molecule has 3 atom stereocenters. The van der Waals surface area contributed by atoms with Crippen molar-refractivity contribution in [1.82, 2.24) is 4.90 Å². The molecule has 0 amide bonds. The molecular formula is C17H28N2OS. The van der Waals surface area contributed by atoms with Gasteiger partial charge in [0, 0.05) is 41.4 Å². The van der Waals surface area contributed by atoms with E-state index in [4.69, 9.17) is 10.5 Å². The van der Waals surface area contributed by atoms with Crippen LogP contribution in [0.5, 0.6) is 0 Å². The second kappa shape index (κ2) is 5.65. The van der Waals surface area contributed by atoms with Gasteiger partial charge < -0.3 is 15.4 Å². The third-order valence-electron chi connectivity index (χ3n) is 5.75. The van der Waals surface area contributed by atoms with E-state index in [-0.39, 0.29) is 11.0 Å². The lowest BCUT2D eigenvalue weighted by Gasteiger charge is -2.67. The van der Waals surface area contributed by atoms with E-state index in [0.29, 0.717) is 12.0 Å². The number of likely N-dealkylation sites (N-methyl/N-ethyl adjacent to an activating group) is 1. The molecule has 118 valence electrons. The molecule has 1 aliphatic carbocycles. The van der Waals surface area contributed by atoms with Crippen molar-refractivity contribution in [2.45, 2.75) is 44.8 Å². The van der Waals surface area contributed by atoms with Crippen molar-refractivity contribution in [3.8, 4) is 0 Å². The highest BCUT2D eigenvalue weighted by Crippen LogP contribution is 2.57. The van der Waals surface area contributed by atoms with Crippen LogP contribution in [0, 0.1) is 11.3 Å². The van der Waals surface area contributed by atoms with Gasteiger partial charge in [-0.1, -0.05) is 19.9 Å². The highest BCUT2D eigenvalue weighted by Gasteiger charge is 2.66. The molecular weight excluding hydrogens is 280 g/mol. The summed E-state index contributed by atoms with van der Waals surface area (Å²) in [6.07, 6.45) is 3.87. The van der Waals surface area contributed by atoms with Crippen LogP contribution in [-0.4, -0.2) is 43.3 Å². The van der Waals surface area contributed by atoms with E-state index < -0.39 is 0 Å². The smallest absolute Gasteiger partial charge is 0.0690 e. The third kappa shape index (κ3) is 2.56. The van der Waals surface area contributed by atoms with Crippen LogP contribution in [0.4, 0.5) is 0 Å². The number of thiophene rings is 1. The summed E-state index contributed by atoms with van der Waals surface area (Å²) >= 11 is 1.84. The minimum atomic E-state index is -0.109. The Morgan fingerprint density at radius 2 is 2.29 bits per heavy atom. The molecule has 0 spiro atoms. The Morgan fingerprint density at radius 1 is 1.48 bits per heavy atom. The van der Waals surface area contributed by atoms with Crippen LogP contribution in [0.1, 0.15) is 31.6 Å². The predicted octanol–water partition coefficient (Wildman–Crippen LogP) is 2.75. The Bertz CT molecular complexity index is 473. The number of fused-ring (bicyclic) bond motifs is 1. The fourth-order valence-electron chi connectivity index (χ4n) is 4.27. The fraction of sp³-hybridized carbons (Fsp3) is 0.765. The first kappa shape index (κ1) is 15.5. The predicted molar refractivity (Wildman–Crippen MR) is 88.7 cm³/mol. The lowest BCUT2D eigenvalue weighted by atomic mass is 9.46. The van der Waals surface area contributed by atoms with Gasteiger partial charge in [0.05, 0.1) is 6.10 Å². The first-order valence-corrected chi connectivity index (χ1v) is 8.94. The van der Waals surface area contributed by atoms with Crippen molar-refractivity contribution in [2.75, 3.05) is 26.7 Å². The van der Waals surface area contributed by atoms with Gasteiger partial charge in [-0.05, 0) is 37.8 Å². The molecule has 2 N–H and O–H groups in total. The second-order valence-electron chi connectivity index (χ2n) is 7.37. The van der Waals surface area contributed by atoms with Gasteiger partial charge in [0.15, 0.2) is 0 Å². The van der Waals surface area contributed by atoms with E-state index in [1.165, 1.54) is 11.3 Å². The Kier molecular flexibility index (Phi) is 4.17. The Labute approximate surface area is 132 Å². The van der Waals surface area contributed by atoms with Crippen molar-refractivity contribution in [1.29, 1.82) is 0 Å². The number of hydrogen-bond acceptors (Lipinski definition) is 4. The Morgan fingerprint density at radius 3 is 3.00 bits per heavy atom. The molecule has 1 aliphatic heterocycles. The van der Waals surface area contributed by atoms with Crippen molar-refractivity contribution in [2.24, 2.45) is 17.1 Å². The van der Waals surface area contributed by atoms with Gasteiger partial charge >= 0.3 is 0 Å². The Hall–Kier alpha value is -0.420. The molecule has 4 heteroatoms. The van der Waals surface area contributed by atoms with E-state index in [9.17, 15) is 0 Å². The van der Waals surface area contributed by atoms with Crippen LogP contribution in [0.15, 0.2) is 17.5 Å². The number of ether oxygens (including phenoxy) is 1. The minimum absolute atomic E-state index is 0.0786. The normalized spacial score (nSPS) is 34.5. The number of rotatable bonds is 5. The molecule has 2 aliphatic rings. The number of nitrogens with zero attached hydrogens (tertiary/aromatic N) is 1. The number of nitrogens with two attached hydrogens (primary N) is 1. The van der Waals surface area contributed by atoms with E-state index in [0.717, 1.165) is 32.5 Å². The molecule has 3 rings (SSSR count). The van der Waals surface area contributed by atoms with Crippen molar-refractivity contribution in [3.63, 3.8) is 0 Å². The summed E-state index contributed by atoms with van der Waals surface area (Å²) in [7, 11) is 2.20. The lowest BCUT2D eigenvalue weighted by molar-refractivity contribution is -0.231. The highest BCUT2D eigenvalue weighted by atomic mass is 32.1. The van der Waals surface area contributed by atoms with Crippen molar-refractivity contribution in [3.05, 3.63) is 22.4 Å². The minimum Gasteiger partial charge on any atom is -0.377 e. The zero-order valence-corrected chi connectivity index (χ0v) is 14.3. The monoisotopic (exact) mass is 308 g/mol. The maximum Gasteiger partial charge on any atom is 0.0690 e.